The number of carbonyl (C=O) groups excluding carboxylic acids is 2. The Morgan fingerprint density at radius 1 is 1.04 bits per heavy atom. The molecule has 2 aromatic carbocycles. The molecule has 0 atom stereocenters. The molecule has 0 aliphatic carbocycles. The van der Waals surface area contributed by atoms with Crippen LogP contribution < -0.4 is 10.7 Å². The van der Waals surface area contributed by atoms with Crippen molar-refractivity contribution in [2.75, 3.05) is 5.32 Å². The maximum Gasteiger partial charge on any atom is 0.335 e. The minimum Gasteiger partial charge on any atom is -0.478 e. The molecule has 2 rings (SSSR count). The number of nitrogens with one attached hydrogen (secondary N) is 2. The molecule has 0 saturated carbocycles. The van der Waals surface area contributed by atoms with Gasteiger partial charge in [0.1, 0.15) is 0 Å². The molecule has 0 bridgehead atoms. The number of carbonyl (C=O) groups is 3. The number of aromatic carboxylic acids is 1. The largest absolute Gasteiger partial charge is 0.478 e. The highest BCUT2D eigenvalue weighted by Crippen LogP contribution is 2.15. The van der Waals surface area contributed by atoms with Crippen molar-refractivity contribution in [3.63, 3.8) is 0 Å². The Bertz CT molecular complexity index is 803. The highest BCUT2D eigenvalue weighted by molar-refractivity contribution is 9.10. The maximum absolute atomic E-state index is 11.7. The van der Waals surface area contributed by atoms with E-state index in [0.29, 0.717) is 11.3 Å². The predicted octanol–water partition coefficient (Wildman–Crippen LogP) is 2.24. The van der Waals surface area contributed by atoms with Gasteiger partial charge in [0.2, 0.25) is 0 Å². The zero-order valence-corrected chi connectivity index (χ0v) is 13.8. The Hall–Kier alpha value is -3.00. The monoisotopic (exact) mass is 389 g/mol. The van der Waals surface area contributed by atoms with E-state index in [1.165, 1.54) is 30.5 Å². The van der Waals surface area contributed by atoms with Gasteiger partial charge < -0.3 is 10.4 Å². The number of carboxylic acid groups (broad SMARTS) is 1. The van der Waals surface area contributed by atoms with Crippen molar-refractivity contribution in [3.05, 3.63) is 64.1 Å². The maximum atomic E-state index is 11.7. The Morgan fingerprint density at radius 2 is 1.75 bits per heavy atom. The molecule has 7 nitrogen and oxygen atoms in total. The van der Waals surface area contributed by atoms with Crippen molar-refractivity contribution in [3.8, 4) is 0 Å². The summed E-state index contributed by atoms with van der Waals surface area (Å²) in [6.07, 6.45) is 1.30. The average molecular weight is 390 g/mol. The third kappa shape index (κ3) is 5.03. The van der Waals surface area contributed by atoms with Crippen LogP contribution in [-0.4, -0.2) is 29.1 Å². The first-order valence-corrected chi connectivity index (χ1v) is 7.48. The Labute approximate surface area is 145 Å². The molecule has 0 aliphatic rings. The Kier molecular flexibility index (Phi) is 5.80. The Balaban J connectivity index is 1.89. The van der Waals surface area contributed by atoms with Gasteiger partial charge in [-0.15, -0.1) is 0 Å². The third-order valence-corrected chi connectivity index (χ3v) is 3.32. The zero-order chi connectivity index (χ0) is 17.5. The van der Waals surface area contributed by atoms with Crippen molar-refractivity contribution >= 4 is 45.6 Å². The van der Waals surface area contributed by atoms with Gasteiger partial charge in [0.25, 0.3) is 0 Å². The summed E-state index contributed by atoms with van der Waals surface area (Å²) in [5.41, 5.74) is 3.28. The summed E-state index contributed by atoms with van der Waals surface area (Å²) in [7, 11) is 0. The fraction of sp³-hybridized carbons (Fsp3) is 0. The van der Waals surface area contributed by atoms with Crippen LogP contribution in [0, 0.1) is 0 Å². The number of carboxylic acids is 1. The van der Waals surface area contributed by atoms with Crippen molar-refractivity contribution in [1.29, 1.82) is 0 Å². The van der Waals surface area contributed by atoms with E-state index in [9.17, 15) is 14.4 Å². The van der Waals surface area contributed by atoms with Gasteiger partial charge in [-0.25, -0.2) is 10.2 Å². The quantitative estimate of drug-likeness (QED) is 0.423. The highest BCUT2D eigenvalue weighted by atomic mass is 79.9. The van der Waals surface area contributed by atoms with Crippen LogP contribution in [0.15, 0.2) is 58.1 Å². The molecular formula is C16H12BrN3O4. The van der Waals surface area contributed by atoms with Gasteiger partial charge in [0.15, 0.2) is 0 Å². The molecule has 0 spiro atoms. The number of anilines is 1. The number of benzene rings is 2. The summed E-state index contributed by atoms with van der Waals surface area (Å²) in [4.78, 5) is 34.1. The van der Waals surface area contributed by atoms with E-state index in [4.69, 9.17) is 5.11 Å². The molecule has 3 N–H and O–H groups in total. The summed E-state index contributed by atoms with van der Waals surface area (Å²) >= 11 is 3.26. The fourth-order valence-electron chi connectivity index (χ4n) is 1.68. The van der Waals surface area contributed by atoms with E-state index in [0.717, 1.165) is 4.47 Å². The average Bonchev–Trinajstić information content (AvgIpc) is 2.55. The second kappa shape index (κ2) is 8.02. The molecule has 0 aliphatic heterocycles. The van der Waals surface area contributed by atoms with Gasteiger partial charge in [0.05, 0.1) is 11.8 Å². The molecule has 8 heteroatoms. The van der Waals surface area contributed by atoms with E-state index in [2.05, 4.69) is 31.8 Å². The SMILES string of the molecule is O=C(N/N=C\c1ccc(C(=O)O)cc1)C(=O)Nc1cccc(Br)c1. The number of hydrogen-bond donors (Lipinski definition) is 3. The standard InChI is InChI=1S/C16H12BrN3O4/c17-12-2-1-3-13(8-12)19-14(21)15(22)20-18-9-10-4-6-11(7-5-10)16(23)24/h1-9H,(H,19,21)(H,20,22)(H,23,24)/b18-9-. The molecule has 122 valence electrons. The van der Waals surface area contributed by atoms with Gasteiger partial charge in [-0.1, -0.05) is 34.1 Å². The van der Waals surface area contributed by atoms with Gasteiger partial charge in [0, 0.05) is 10.2 Å². The van der Waals surface area contributed by atoms with Crippen LogP contribution in [0.4, 0.5) is 5.69 Å². The molecule has 24 heavy (non-hydrogen) atoms. The Morgan fingerprint density at radius 3 is 2.38 bits per heavy atom. The molecule has 0 heterocycles. The first-order valence-electron chi connectivity index (χ1n) is 6.69. The molecular weight excluding hydrogens is 378 g/mol. The molecule has 0 aromatic heterocycles. The lowest BCUT2D eigenvalue weighted by atomic mass is 10.1. The van der Waals surface area contributed by atoms with Crippen LogP contribution in [0.1, 0.15) is 15.9 Å². The van der Waals surface area contributed by atoms with Crippen LogP contribution in [0.3, 0.4) is 0 Å². The topological polar surface area (TPSA) is 108 Å². The van der Waals surface area contributed by atoms with Crippen LogP contribution in [0.2, 0.25) is 0 Å². The highest BCUT2D eigenvalue weighted by Gasteiger charge is 2.12. The summed E-state index contributed by atoms with van der Waals surface area (Å²) < 4.78 is 0.767. The van der Waals surface area contributed by atoms with Crippen LogP contribution >= 0.6 is 15.9 Å². The van der Waals surface area contributed by atoms with Crippen molar-refractivity contribution in [2.24, 2.45) is 5.10 Å². The summed E-state index contributed by atoms with van der Waals surface area (Å²) in [5, 5.41) is 14.9. The summed E-state index contributed by atoms with van der Waals surface area (Å²) in [5.74, 6) is -2.81. The van der Waals surface area contributed by atoms with E-state index < -0.39 is 17.8 Å². The number of amides is 2. The van der Waals surface area contributed by atoms with Crippen molar-refractivity contribution < 1.29 is 19.5 Å². The number of rotatable bonds is 4. The predicted molar refractivity (Wildman–Crippen MR) is 91.9 cm³/mol. The van der Waals surface area contributed by atoms with Crippen LogP contribution in [0.25, 0.3) is 0 Å². The van der Waals surface area contributed by atoms with Crippen LogP contribution in [0.5, 0.6) is 0 Å². The molecule has 0 fully saturated rings. The fourth-order valence-corrected chi connectivity index (χ4v) is 2.08. The zero-order valence-electron chi connectivity index (χ0n) is 12.2. The van der Waals surface area contributed by atoms with Crippen molar-refractivity contribution in [2.45, 2.75) is 0 Å². The van der Waals surface area contributed by atoms with Gasteiger partial charge >= 0.3 is 17.8 Å². The van der Waals surface area contributed by atoms with Gasteiger partial charge in [-0.3, -0.25) is 9.59 Å². The van der Waals surface area contributed by atoms with E-state index in [1.54, 1.807) is 24.3 Å². The van der Waals surface area contributed by atoms with E-state index in [-0.39, 0.29) is 5.56 Å². The molecule has 0 saturated heterocycles. The lowest BCUT2D eigenvalue weighted by molar-refractivity contribution is -0.136. The van der Waals surface area contributed by atoms with Crippen LogP contribution in [-0.2, 0) is 9.59 Å². The van der Waals surface area contributed by atoms with Gasteiger partial charge in [-0.2, -0.15) is 5.10 Å². The number of nitrogens with zero attached hydrogens (tertiary/aromatic N) is 1. The normalized spacial score (nSPS) is 10.4. The number of halogens is 1. The second-order valence-corrected chi connectivity index (χ2v) is 5.51. The first-order chi connectivity index (χ1) is 11.5. The van der Waals surface area contributed by atoms with Gasteiger partial charge in [-0.05, 0) is 35.9 Å². The molecule has 2 aromatic rings. The first kappa shape index (κ1) is 17.4. The lowest BCUT2D eigenvalue weighted by Gasteiger charge is -2.04. The minimum atomic E-state index is -1.03. The lowest BCUT2D eigenvalue weighted by Crippen LogP contribution is -2.32. The summed E-state index contributed by atoms with van der Waals surface area (Å²) in [6.45, 7) is 0. The van der Waals surface area contributed by atoms with E-state index >= 15 is 0 Å². The van der Waals surface area contributed by atoms with E-state index in [1.807, 2.05) is 0 Å². The minimum absolute atomic E-state index is 0.143. The molecule has 2 amide bonds. The van der Waals surface area contributed by atoms with Crippen molar-refractivity contribution in [1.82, 2.24) is 5.43 Å². The molecule has 0 unspecified atom stereocenters. The number of hydrazone groups is 1. The third-order valence-electron chi connectivity index (χ3n) is 2.83. The molecule has 0 radical (unpaired) electrons. The second-order valence-electron chi connectivity index (χ2n) is 4.59. The number of hydrogen-bond acceptors (Lipinski definition) is 4. The summed E-state index contributed by atoms with van der Waals surface area (Å²) in [6, 6.07) is 12.7. The smallest absolute Gasteiger partial charge is 0.335 e.